The Bertz CT molecular complexity index is 894. The number of hydrogen-bond donors (Lipinski definition) is 1. The van der Waals surface area contributed by atoms with Gasteiger partial charge in [-0.2, -0.15) is 5.10 Å². The lowest BCUT2D eigenvalue weighted by Gasteiger charge is -2.08. The summed E-state index contributed by atoms with van der Waals surface area (Å²) in [5.74, 6) is 0.0620. The van der Waals surface area contributed by atoms with Gasteiger partial charge in [0.1, 0.15) is 0 Å². The molecule has 4 nitrogen and oxygen atoms in total. The number of aryl methyl sites for hydroxylation is 4. The van der Waals surface area contributed by atoms with E-state index in [1.54, 1.807) is 0 Å². The Morgan fingerprint density at radius 2 is 1.77 bits per heavy atom. The summed E-state index contributed by atoms with van der Waals surface area (Å²) in [7, 11) is 1.92. The zero-order valence-electron chi connectivity index (χ0n) is 15.6. The topological polar surface area (TPSA) is 46.9 Å². The Morgan fingerprint density at radius 1 is 1.04 bits per heavy atom. The van der Waals surface area contributed by atoms with Crippen molar-refractivity contribution in [1.82, 2.24) is 15.1 Å². The number of carbonyl (C=O) groups is 1. The summed E-state index contributed by atoms with van der Waals surface area (Å²) in [5, 5.41) is 7.60. The second-order valence-corrected chi connectivity index (χ2v) is 6.75. The molecule has 1 heterocycles. The van der Waals surface area contributed by atoms with Crippen molar-refractivity contribution >= 4 is 5.91 Å². The lowest BCUT2D eigenvalue weighted by atomic mass is 10.0. The summed E-state index contributed by atoms with van der Waals surface area (Å²) in [6.45, 7) is 4.70. The van der Waals surface area contributed by atoms with E-state index in [0.717, 1.165) is 22.4 Å². The van der Waals surface area contributed by atoms with E-state index in [-0.39, 0.29) is 5.91 Å². The molecule has 0 bridgehead atoms. The molecular weight excluding hydrogens is 322 g/mol. The number of rotatable bonds is 6. The third-order valence-electron chi connectivity index (χ3n) is 4.59. The minimum absolute atomic E-state index is 0.0620. The maximum atomic E-state index is 12.3. The number of benzene rings is 2. The van der Waals surface area contributed by atoms with Gasteiger partial charge in [0.2, 0.25) is 5.91 Å². The van der Waals surface area contributed by atoms with Crippen LogP contribution in [0, 0.1) is 13.8 Å². The van der Waals surface area contributed by atoms with Gasteiger partial charge in [-0.25, -0.2) is 0 Å². The van der Waals surface area contributed by atoms with Gasteiger partial charge in [0, 0.05) is 31.8 Å². The molecule has 0 spiro atoms. The average molecular weight is 347 g/mol. The highest BCUT2D eigenvalue weighted by Crippen LogP contribution is 2.23. The van der Waals surface area contributed by atoms with Crippen molar-refractivity contribution in [1.29, 1.82) is 0 Å². The fourth-order valence-corrected chi connectivity index (χ4v) is 3.01. The SMILES string of the molecule is Cc1ccc(-c2nn(C)cc2CCC(=O)NCc2ccccc2C)cc1. The predicted molar refractivity (Wildman–Crippen MR) is 105 cm³/mol. The standard InChI is InChI=1S/C22H25N3O/c1-16-8-10-18(11-9-16)22-20(15-25(3)24-22)12-13-21(26)23-14-19-7-5-4-6-17(19)2/h4-11,15H,12-14H2,1-3H3,(H,23,26). The predicted octanol–water partition coefficient (Wildman–Crippen LogP) is 3.95. The second kappa shape index (κ2) is 8.00. The third kappa shape index (κ3) is 4.39. The number of amides is 1. The molecular formula is C22H25N3O. The Balaban J connectivity index is 1.62. The molecule has 0 saturated carbocycles. The first-order valence-corrected chi connectivity index (χ1v) is 8.93. The van der Waals surface area contributed by atoms with E-state index >= 15 is 0 Å². The van der Waals surface area contributed by atoms with Gasteiger partial charge in [0.15, 0.2) is 0 Å². The first-order valence-electron chi connectivity index (χ1n) is 8.93. The molecule has 2 aromatic carbocycles. The minimum atomic E-state index is 0.0620. The average Bonchev–Trinajstić information content (AvgIpc) is 3.00. The monoisotopic (exact) mass is 347 g/mol. The molecule has 1 amide bonds. The highest BCUT2D eigenvalue weighted by molar-refractivity contribution is 5.76. The maximum Gasteiger partial charge on any atom is 0.220 e. The summed E-state index contributed by atoms with van der Waals surface area (Å²) in [6.07, 6.45) is 3.14. The molecule has 4 heteroatoms. The lowest BCUT2D eigenvalue weighted by Crippen LogP contribution is -2.23. The van der Waals surface area contributed by atoms with E-state index in [1.807, 2.05) is 36.1 Å². The highest BCUT2D eigenvalue weighted by atomic mass is 16.1. The summed E-state index contributed by atoms with van der Waals surface area (Å²) in [5.41, 5.74) is 6.72. The molecule has 0 aliphatic heterocycles. The smallest absolute Gasteiger partial charge is 0.220 e. The van der Waals surface area contributed by atoms with E-state index in [4.69, 9.17) is 0 Å². The van der Waals surface area contributed by atoms with Crippen molar-refractivity contribution in [2.75, 3.05) is 0 Å². The zero-order chi connectivity index (χ0) is 18.5. The molecule has 0 aliphatic carbocycles. The number of hydrogen-bond acceptors (Lipinski definition) is 2. The number of nitrogens with zero attached hydrogens (tertiary/aromatic N) is 2. The minimum Gasteiger partial charge on any atom is -0.352 e. The fourth-order valence-electron chi connectivity index (χ4n) is 3.01. The third-order valence-corrected chi connectivity index (χ3v) is 4.59. The molecule has 0 fully saturated rings. The molecule has 0 radical (unpaired) electrons. The van der Waals surface area contributed by atoms with Crippen LogP contribution >= 0.6 is 0 Å². The Labute approximate surface area is 154 Å². The first-order chi connectivity index (χ1) is 12.5. The Kier molecular flexibility index (Phi) is 5.52. The molecule has 0 unspecified atom stereocenters. The maximum absolute atomic E-state index is 12.3. The molecule has 3 rings (SSSR count). The van der Waals surface area contributed by atoms with Crippen LogP contribution < -0.4 is 5.32 Å². The van der Waals surface area contributed by atoms with Gasteiger partial charge in [0.25, 0.3) is 0 Å². The van der Waals surface area contributed by atoms with Crippen LogP contribution in [0.2, 0.25) is 0 Å². The number of carbonyl (C=O) groups excluding carboxylic acids is 1. The number of nitrogens with one attached hydrogen (secondary N) is 1. The van der Waals surface area contributed by atoms with Crippen molar-refractivity contribution < 1.29 is 4.79 Å². The van der Waals surface area contributed by atoms with Crippen LogP contribution in [0.25, 0.3) is 11.3 Å². The van der Waals surface area contributed by atoms with Crippen molar-refractivity contribution in [2.24, 2.45) is 7.05 Å². The highest BCUT2D eigenvalue weighted by Gasteiger charge is 2.12. The van der Waals surface area contributed by atoms with E-state index in [0.29, 0.717) is 19.4 Å². The molecule has 0 aliphatic rings. The van der Waals surface area contributed by atoms with E-state index < -0.39 is 0 Å². The van der Waals surface area contributed by atoms with Crippen molar-refractivity contribution in [3.63, 3.8) is 0 Å². The van der Waals surface area contributed by atoms with Crippen LogP contribution in [0.4, 0.5) is 0 Å². The summed E-state index contributed by atoms with van der Waals surface area (Å²) in [4.78, 5) is 12.3. The van der Waals surface area contributed by atoms with Gasteiger partial charge >= 0.3 is 0 Å². The van der Waals surface area contributed by atoms with Crippen molar-refractivity contribution in [2.45, 2.75) is 33.2 Å². The van der Waals surface area contributed by atoms with Crippen LogP contribution in [0.1, 0.15) is 28.7 Å². The Hall–Kier alpha value is -2.88. The summed E-state index contributed by atoms with van der Waals surface area (Å²) < 4.78 is 1.82. The summed E-state index contributed by atoms with van der Waals surface area (Å²) >= 11 is 0. The van der Waals surface area contributed by atoms with Crippen molar-refractivity contribution in [3.8, 4) is 11.3 Å². The van der Waals surface area contributed by atoms with Gasteiger partial charge in [-0.15, -0.1) is 0 Å². The molecule has 0 saturated heterocycles. The molecule has 1 aromatic heterocycles. The van der Waals surface area contributed by atoms with Gasteiger partial charge < -0.3 is 5.32 Å². The van der Waals surface area contributed by atoms with Crippen LogP contribution in [-0.2, 0) is 24.8 Å². The van der Waals surface area contributed by atoms with Gasteiger partial charge in [-0.05, 0) is 37.0 Å². The molecule has 0 atom stereocenters. The number of aromatic nitrogens is 2. The zero-order valence-corrected chi connectivity index (χ0v) is 15.6. The second-order valence-electron chi connectivity index (χ2n) is 6.75. The van der Waals surface area contributed by atoms with Crippen LogP contribution in [0.15, 0.2) is 54.7 Å². The Morgan fingerprint density at radius 3 is 2.50 bits per heavy atom. The van der Waals surface area contributed by atoms with E-state index in [1.165, 1.54) is 11.1 Å². The van der Waals surface area contributed by atoms with Gasteiger partial charge in [-0.3, -0.25) is 9.48 Å². The quantitative estimate of drug-likeness (QED) is 0.734. The van der Waals surface area contributed by atoms with E-state index in [2.05, 4.69) is 54.6 Å². The van der Waals surface area contributed by atoms with Crippen LogP contribution in [0.3, 0.4) is 0 Å². The van der Waals surface area contributed by atoms with Crippen molar-refractivity contribution in [3.05, 3.63) is 77.0 Å². The molecule has 134 valence electrons. The molecule has 26 heavy (non-hydrogen) atoms. The fraction of sp³-hybridized carbons (Fsp3) is 0.273. The largest absolute Gasteiger partial charge is 0.352 e. The van der Waals surface area contributed by atoms with Crippen LogP contribution in [-0.4, -0.2) is 15.7 Å². The lowest BCUT2D eigenvalue weighted by molar-refractivity contribution is -0.121. The summed E-state index contributed by atoms with van der Waals surface area (Å²) in [6, 6.07) is 16.5. The normalized spacial score (nSPS) is 10.7. The first kappa shape index (κ1) is 17.9. The van der Waals surface area contributed by atoms with Gasteiger partial charge in [-0.1, -0.05) is 54.1 Å². The molecule has 1 N–H and O–H groups in total. The molecule has 3 aromatic rings. The van der Waals surface area contributed by atoms with Gasteiger partial charge in [0.05, 0.1) is 5.69 Å². The van der Waals surface area contributed by atoms with Crippen LogP contribution in [0.5, 0.6) is 0 Å². The van der Waals surface area contributed by atoms with E-state index in [9.17, 15) is 4.79 Å².